The van der Waals surface area contributed by atoms with Gasteiger partial charge in [0.25, 0.3) is 5.91 Å². The fourth-order valence-corrected chi connectivity index (χ4v) is 2.31. The molecule has 1 aromatic carbocycles. The lowest BCUT2D eigenvalue weighted by molar-refractivity contribution is -0.135. The largest absolute Gasteiger partial charge is 0.484 e. The van der Waals surface area contributed by atoms with Crippen LogP contribution in [-0.2, 0) is 4.79 Å². The summed E-state index contributed by atoms with van der Waals surface area (Å²) in [5.74, 6) is 0.733. The van der Waals surface area contributed by atoms with E-state index in [0.29, 0.717) is 30.4 Å². The summed E-state index contributed by atoms with van der Waals surface area (Å²) >= 11 is 4.89. The first-order valence-electron chi connectivity index (χ1n) is 6.61. The normalized spacial score (nSPS) is 15.9. The lowest BCUT2D eigenvalue weighted by Crippen LogP contribution is -2.51. The number of benzene rings is 1. The first-order chi connectivity index (χ1) is 9.65. The van der Waals surface area contributed by atoms with E-state index >= 15 is 0 Å². The van der Waals surface area contributed by atoms with Crippen molar-refractivity contribution in [3.05, 3.63) is 30.3 Å². The molecule has 20 heavy (non-hydrogen) atoms. The Morgan fingerprint density at radius 2 is 1.85 bits per heavy atom. The highest BCUT2D eigenvalue weighted by atomic mass is 32.1. The van der Waals surface area contributed by atoms with Gasteiger partial charge in [0.05, 0.1) is 4.99 Å². The number of thiocarbonyl (C=S) groups is 1. The Labute approximate surface area is 124 Å². The molecule has 1 heterocycles. The van der Waals surface area contributed by atoms with Gasteiger partial charge in [-0.1, -0.05) is 30.4 Å². The van der Waals surface area contributed by atoms with Crippen LogP contribution in [0.4, 0.5) is 0 Å². The van der Waals surface area contributed by atoms with E-state index in [1.807, 2.05) is 35.2 Å². The summed E-state index contributed by atoms with van der Waals surface area (Å²) in [6.45, 7) is 3.69. The maximum Gasteiger partial charge on any atom is 0.260 e. The van der Waals surface area contributed by atoms with E-state index in [4.69, 9.17) is 22.7 Å². The third-order valence-corrected chi connectivity index (χ3v) is 3.34. The molecule has 0 bridgehead atoms. The van der Waals surface area contributed by atoms with Crippen LogP contribution in [0.5, 0.6) is 5.75 Å². The van der Waals surface area contributed by atoms with Gasteiger partial charge in [0.1, 0.15) is 5.75 Å². The molecule has 0 saturated carbocycles. The summed E-state index contributed by atoms with van der Waals surface area (Å²) < 4.78 is 5.47. The molecule has 0 spiro atoms. The summed E-state index contributed by atoms with van der Waals surface area (Å²) in [6, 6.07) is 9.36. The van der Waals surface area contributed by atoms with Crippen molar-refractivity contribution >= 4 is 23.1 Å². The summed E-state index contributed by atoms with van der Waals surface area (Å²) in [5, 5.41) is 0. The van der Waals surface area contributed by atoms with Gasteiger partial charge in [0.15, 0.2) is 6.61 Å². The van der Waals surface area contributed by atoms with Crippen molar-refractivity contribution in [2.24, 2.45) is 5.73 Å². The maximum atomic E-state index is 12.0. The number of ether oxygens (including phenoxy) is 1. The van der Waals surface area contributed by atoms with Crippen molar-refractivity contribution in [2.45, 2.75) is 0 Å². The third kappa shape index (κ3) is 4.47. The topological polar surface area (TPSA) is 58.8 Å². The van der Waals surface area contributed by atoms with Gasteiger partial charge in [0, 0.05) is 32.7 Å². The average Bonchev–Trinajstić information content (AvgIpc) is 2.46. The number of nitrogens with zero attached hydrogens (tertiary/aromatic N) is 2. The van der Waals surface area contributed by atoms with Crippen molar-refractivity contribution in [3.8, 4) is 5.75 Å². The summed E-state index contributed by atoms with van der Waals surface area (Å²) in [7, 11) is 0. The first-order valence-corrected chi connectivity index (χ1v) is 7.02. The maximum absolute atomic E-state index is 12.0. The Balaban J connectivity index is 1.73. The predicted molar refractivity (Wildman–Crippen MR) is 81.7 cm³/mol. The van der Waals surface area contributed by atoms with Crippen LogP contribution in [-0.4, -0.2) is 60.0 Å². The molecule has 1 aliphatic heterocycles. The van der Waals surface area contributed by atoms with Crippen LogP contribution < -0.4 is 10.5 Å². The van der Waals surface area contributed by atoms with Crippen LogP contribution >= 0.6 is 12.2 Å². The number of hydrogen-bond acceptors (Lipinski definition) is 4. The number of rotatable bonds is 5. The molecule has 0 unspecified atom stereocenters. The molecule has 5 nitrogen and oxygen atoms in total. The molecule has 0 radical (unpaired) electrons. The quantitative estimate of drug-likeness (QED) is 0.801. The number of piperazine rings is 1. The Morgan fingerprint density at radius 1 is 1.20 bits per heavy atom. The van der Waals surface area contributed by atoms with Gasteiger partial charge in [0.2, 0.25) is 0 Å². The SMILES string of the molecule is NC(=S)CN1CCN(C(=O)COc2ccccc2)CC1. The highest BCUT2D eigenvalue weighted by Crippen LogP contribution is 2.09. The molecule has 0 aromatic heterocycles. The van der Waals surface area contributed by atoms with Gasteiger partial charge in [-0.05, 0) is 12.1 Å². The van der Waals surface area contributed by atoms with Gasteiger partial charge in [-0.3, -0.25) is 9.69 Å². The molecule has 0 atom stereocenters. The monoisotopic (exact) mass is 293 g/mol. The van der Waals surface area contributed by atoms with Crippen LogP contribution in [0.3, 0.4) is 0 Å². The van der Waals surface area contributed by atoms with Crippen molar-refractivity contribution in [1.82, 2.24) is 9.80 Å². The molecule has 1 aromatic rings. The minimum atomic E-state index is 0.0174. The van der Waals surface area contributed by atoms with Gasteiger partial charge in [-0.15, -0.1) is 0 Å². The van der Waals surface area contributed by atoms with Crippen molar-refractivity contribution in [1.29, 1.82) is 0 Å². The van der Waals surface area contributed by atoms with Gasteiger partial charge in [-0.25, -0.2) is 0 Å². The standard InChI is InChI=1S/C14H19N3O2S/c15-13(20)10-16-6-8-17(9-7-16)14(18)11-19-12-4-2-1-3-5-12/h1-5H,6-11H2,(H2,15,20). The average molecular weight is 293 g/mol. The summed E-state index contributed by atoms with van der Waals surface area (Å²) in [4.78, 5) is 16.5. The Morgan fingerprint density at radius 3 is 2.45 bits per heavy atom. The molecule has 1 saturated heterocycles. The zero-order chi connectivity index (χ0) is 14.4. The minimum Gasteiger partial charge on any atom is -0.484 e. The zero-order valence-corrected chi connectivity index (χ0v) is 12.1. The van der Waals surface area contributed by atoms with Gasteiger partial charge in [-0.2, -0.15) is 0 Å². The lowest BCUT2D eigenvalue weighted by atomic mass is 10.3. The van der Waals surface area contributed by atoms with Crippen molar-refractivity contribution in [3.63, 3.8) is 0 Å². The second-order valence-electron chi connectivity index (χ2n) is 4.72. The molecule has 2 N–H and O–H groups in total. The number of carbonyl (C=O) groups excluding carboxylic acids is 1. The van der Waals surface area contributed by atoms with E-state index < -0.39 is 0 Å². The second-order valence-corrected chi connectivity index (χ2v) is 5.25. The Bertz CT molecular complexity index is 459. The van der Waals surface area contributed by atoms with Crippen LogP contribution in [0.2, 0.25) is 0 Å². The number of hydrogen-bond donors (Lipinski definition) is 1. The molecule has 6 heteroatoms. The zero-order valence-electron chi connectivity index (χ0n) is 11.3. The van der Waals surface area contributed by atoms with Gasteiger partial charge >= 0.3 is 0 Å². The fourth-order valence-electron chi connectivity index (χ4n) is 2.13. The van der Waals surface area contributed by atoms with Gasteiger partial charge < -0.3 is 15.4 Å². The van der Waals surface area contributed by atoms with E-state index in [9.17, 15) is 4.79 Å². The molecule has 0 aliphatic carbocycles. The molecule has 1 fully saturated rings. The van der Waals surface area contributed by atoms with E-state index in [1.54, 1.807) is 0 Å². The highest BCUT2D eigenvalue weighted by molar-refractivity contribution is 7.80. The highest BCUT2D eigenvalue weighted by Gasteiger charge is 2.21. The van der Waals surface area contributed by atoms with Crippen LogP contribution in [0, 0.1) is 0 Å². The number of amides is 1. The Kier molecular flexibility index (Phi) is 5.31. The molecular weight excluding hydrogens is 274 g/mol. The van der Waals surface area contributed by atoms with Crippen LogP contribution in [0.15, 0.2) is 30.3 Å². The first kappa shape index (κ1) is 14.7. The third-order valence-electron chi connectivity index (χ3n) is 3.21. The van der Waals surface area contributed by atoms with Crippen LogP contribution in [0.25, 0.3) is 0 Å². The molecule has 2 rings (SSSR count). The minimum absolute atomic E-state index is 0.0174. The van der Waals surface area contributed by atoms with Crippen molar-refractivity contribution in [2.75, 3.05) is 39.3 Å². The Hall–Kier alpha value is -1.66. The second kappa shape index (κ2) is 7.21. The van der Waals surface area contributed by atoms with Crippen molar-refractivity contribution < 1.29 is 9.53 Å². The van der Waals surface area contributed by atoms with E-state index in [0.717, 1.165) is 13.1 Å². The summed E-state index contributed by atoms with van der Waals surface area (Å²) in [5.41, 5.74) is 5.52. The smallest absolute Gasteiger partial charge is 0.260 e. The number of nitrogens with two attached hydrogens (primary N) is 1. The summed E-state index contributed by atoms with van der Waals surface area (Å²) in [6.07, 6.45) is 0. The molecular formula is C14H19N3O2S. The number of carbonyl (C=O) groups is 1. The fraction of sp³-hybridized carbons (Fsp3) is 0.429. The lowest BCUT2D eigenvalue weighted by Gasteiger charge is -2.34. The molecule has 1 aliphatic rings. The number of para-hydroxylation sites is 1. The van der Waals surface area contributed by atoms with E-state index in [2.05, 4.69) is 4.90 Å². The van der Waals surface area contributed by atoms with Crippen LogP contribution in [0.1, 0.15) is 0 Å². The predicted octanol–water partition coefficient (Wildman–Crippen LogP) is 0.496. The van der Waals surface area contributed by atoms with E-state index in [-0.39, 0.29) is 12.5 Å². The van der Waals surface area contributed by atoms with E-state index in [1.165, 1.54) is 0 Å². The molecule has 1 amide bonds. The molecule has 108 valence electrons.